The van der Waals surface area contributed by atoms with E-state index in [0.29, 0.717) is 41.1 Å². The number of aliphatic hydroxyl groups is 1. The zero-order chi connectivity index (χ0) is 36.7. The maximum Gasteiger partial charge on any atom is 0.330 e. The summed E-state index contributed by atoms with van der Waals surface area (Å²) >= 11 is 0. The summed E-state index contributed by atoms with van der Waals surface area (Å²) in [6.07, 6.45) is 0.350. The van der Waals surface area contributed by atoms with Crippen molar-refractivity contribution in [2.24, 2.45) is 17.3 Å². The monoisotopic (exact) mass is 698 g/mol. The molecular formula is C39H46N4O8. The number of carboxylic acid groups (broad SMARTS) is 1. The normalized spacial score (nSPS) is 25.7. The van der Waals surface area contributed by atoms with E-state index >= 15 is 0 Å². The van der Waals surface area contributed by atoms with E-state index in [1.54, 1.807) is 13.2 Å². The number of amides is 2. The van der Waals surface area contributed by atoms with Crippen molar-refractivity contribution in [1.82, 2.24) is 20.5 Å². The predicted octanol–water partition coefficient (Wildman–Crippen LogP) is 3.75. The fourth-order valence-corrected chi connectivity index (χ4v) is 7.40. The van der Waals surface area contributed by atoms with Crippen LogP contribution >= 0.6 is 0 Å². The van der Waals surface area contributed by atoms with Gasteiger partial charge in [-0.3, -0.25) is 14.4 Å². The molecule has 270 valence electrons. The molecule has 3 heterocycles. The highest BCUT2D eigenvalue weighted by molar-refractivity contribution is 5.95. The Morgan fingerprint density at radius 2 is 1.92 bits per heavy atom. The molecule has 0 spiro atoms. The van der Waals surface area contributed by atoms with Crippen LogP contribution in [0.25, 0.3) is 22.2 Å². The maximum atomic E-state index is 14.6. The summed E-state index contributed by atoms with van der Waals surface area (Å²) in [5.74, 6) is -2.34. The largest absolute Gasteiger partial charge is 0.497 e. The number of hydrogen-bond acceptors (Lipinski definition) is 9. The van der Waals surface area contributed by atoms with E-state index < -0.39 is 59.0 Å². The molecule has 2 amide bonds. The van der Waals surface area contributed by atoms with Gasteiger partial charge in [-0.1, -0.05) is 57.2 Å². The van der Waals surface area contributed by atoms with Crippen LogP contribution in [-0.2, 0) is 19.2 Å². The second-order valence-electron chi connectivity index (χ2n) is 14.9. The molecule has 1 aromatic heterocycles. The maximum absolute atomic E-state index is 14.6. The van der Waals surface area contributed by atoms with Gasteiger partial charge in [-0.15, -0.1) is 6.58 Å². The lowest BCUT2D eigenvalue weighted by Gasteiger charge is -2.36. The van der Waals surface area contributed by atoms with Gasteiger partial charge in [0.25, 0.3) is 0 Å². The van der Waals surface area contributed by atoms with Gasteiger partial charge in [0.05, 0.1) is 37.0 Å². The topological polar surface area (TPSA) is 167 Å². The van der Waals surface area contributed by atoms with Crippen LogP contribution in [0.15, 0.2) is 67.3 Å². The first kappa shape index (κ1) is 36.0. The number of aliphatic carboxylic acids is 1. The van der Waals surface area contributed by atoms with E-state index in [9.17, 15) is 29.4 Å². The Kier molecular flexibility index (Phi) is 9.93. The van der Waals surface area contributed by atoms with Gasteiger partial charge in [0.2, 0.25) is 11.8 Å². The summed E-state index contributed by atoms with van der Waals surface area (Å²) in [6, 6.07) is 15.1. The Morgan fingerprint density at radius 3 is 2.53 bits per heavy atom. The number of aromatic nitrogens is 1. The molecule has 3 aliphatic rings. The average molecular weight is 699 g/mol. The SMILES string of the molecule is C=CC1CC1(NC(=O)[C@@H]1C[C@@H](Oc2cc(-c3ccccc3)nc3cc(OC)ccc23)CN1C(=O)[C@@H](CC(O)C1NCCC1=O)C(C)(C)C)C(=O)O. The number of aliphatic hydroxyl groups excluding tert-OH is 1. The molecule has 12 heteroatoms. The number of carbonyl (C=O) groups is 4. The summed E-state index contributed by atoms with van der Waals surface area (Å²) in [5, 5.41) is 27.7. The molecule has 7 atom stereocenters. The van der Waals surface area contributed by atoms with Gasteiger partial charge in [0.1, 0.15) is 29.2 Å². The summed E-state index contributed by atoms with van der Waals surface area (Å²) in [5.41, 5.74) is 0.0176. The fraction of sp³-hybridized carbons (Fsp3) is 0.462. The third-order valence-electron chi connectivity index (χ3n) is 10.5. The smallest absolute Gasteiger partial charge is 0.330 e. The number of Topliss-reactive ketones (excluding diaryl/α,β-unsaturated/α-hetero) is 1. The minimum atomic E-state index is -1.49. The zero-order valence-corrected chi connectivity index (χ0v) is 29.4. The number of ether oxygens (including phenoxy) is 2. The van der Waals surface area contributed by atoms with Crippen molar-refractivity contribution in [1.29, 1.82) is 0 Å². The predicted molar refractivity (Wildman–Crippen MR) is 190 cm³/mol. The highest BCUT2D eigenvalue weighted by atomic mass is 16.5. The van der Waals surface area contributed by atoms with Crippen LogP contribution in [0.2, 0.25) is 0 Å². The number of rotatable bonds is 12. The number of nitrogens with zero attached hydrogens (tertiary/aromatic N) is 2. The van der Waals surface area contributed by atoms with E-state index in [1.165, 1.54) is 11.0 Å². The van der Waals surface area contributed by atoms with Gasteiger partial charge in [0, 0.05) is 54.3 Å². The van der Waals surface area contributed by atoms with Gasteiger partial charge in [-0.2, -0.15) is 0 Å². The van der Waals surface area contributed by atoms with Gasteiger partial charge in [0.15, 0.2) is 5.78 Å². The second kappa shape index (κ2) is 14.1. The molecule has 1 aliphatic carbocycles. The second-order valence-corrected chi connectivity index (χ2v) is 14.9. The van der Waals surface area contributed by atoms with Crippen molar-refractivity contribution >= 4 is 34.5 Å². The lowest BCUT2D eigenvalue weighted by Crippen LogP contribution is -2.55. The van der Waals surface area contributed by atoms with Gasteiger partial charge in [-0.05, 0) is 30.4 Å². The molecule has 4 unspecified atom stereocenters. The molecule has 0 bridgehead atoms. The van der Waals surface area contributed by atoms with Crippen molar-refractivity contribution in [3.8, 4) is 22.8 Å². The molecule has 6 rings (SSSR count). The lowest BCUT2D eigenvalue weighted by molar-refractivity contribution is -0.148. The van der Waals surface area contributed by atoms with E-state index in [0.717, 1.165) is 5.56 Å². The highest BCUT2D eigenvalue weighted by Gasteiger charge is 2.61. The van der Waals surface area contributed by atoms with Crippen LogP contribution in [0.5, 0.6) is 11.5 Å². The van der Waals surface area contributed by atoms with Gasteiger partial charge < -0.3 is 35.2 Å². The molecule has 2 aliphatic heterocycles. The molecule has 3 aromatic rings. The number of hydrogen-bond donors (Lipinski definition) is 4. The van der Waals surface area contributed by atoms with Gasteiger partial charge in [-0.25, -0.2) is 9.78 Å². The van der Waals surface area contributed by atoms with E-state index in [4.69, 9.17) is 14.5 Å². The molecule has 51 heavy (non-hydrogen) atoms. The van der Waals surface area contributed by atoms with Crippen LogP contribution in [-0.4, -0.2) is 93.7 Å². The molecule has 1 saturated carbocycles. The first-order valence-corrected chi connectivity index (χ1v) is 17.4. The summed E-state index contributed by atoms with van der Waals surface area (Å²) in [4.78, 5) is 59.8. The number of carbonyl (C=O) groups excluding carboxylic acids is 3. The van der Waals surface area contributed by atoms with Crippen LogP contribution in [0.3, 0.4) is 0 Å². The summed E-state index contributed by atoms with van der Waals surface area (Å²) < 4.78 is 12.1. The van der Waals surface area contributed by atoms with Gasteiger partial charge >= 0.3 is 5.97 Å². The molecule has 4 N–H and O–H groups in total. The Balaban J connectivity index is 1.34. The molecule has 2 aromatic carbocycles. The third kappa shape index (κ3) is 7.20. The Bertz CT molecular complexity index is 1840. The van der Waals surface area contributed by atoms with Crippen molar-refractivity contribution in [3.63, 3.8) is 0 Å². The summed E-state index contributed by atoms with van der Waals surface area (Å²) in [6.45, 7) is 9.86. The van der Waals surface area contributed by atoms with Crippen molar-refractivity contribution < 1.29 is 38.9 Å². The van der Waals surface area contributed by atoms with Crippen LogP contribution in [0, 0.1) is 17.3 Å². The number of methoxy groups -OCH3 is 1. The zero-order valence-electron chi connectivity index (χ0n) is 29.4. The first-order chi connectivity index (χ1) is 24.2. The Labute approximate surface area is 297 Å². The average Bonchev–Trinajstić information content (AvgIpc) is 3.39. The van der Waals surface area contributed by atoms with Crippen molar-refractivity contribution in [2.45, 2.75) is 76.3 Å². The lowest BCUT2D eigenvalue weighted by atomic mass is 9.75. The summed E-state index contributed by atoms with van der Waals surface area (Å²) in [7, 11) is 1.58. The quantitative estimate of drug-likeness (QED) is 0.205. The number of ketones is 1. The van der Waals surface area contributed by atoms with Crippen molar-refractivity contribution in [3.05, 3.63) is 67.3 Å². The van der Waals surface area contributed by atoms with Crippen molar-refractivity contribution in [2.75, 3.05) is 20.2 Å². The minimum Gasteiger partial charge on any atom is -0.497 e. The highest BCUT2D eigenvalue weighted by Crippen LogP contribution is 2.45. The number of carboxylic acids is 1. The Morgan fingerprint density at radius 1 is 1.18 bits per heavy atom. The van der Waals surface area contributed by atoms with Crippen LogP contribution < -0.4 is 20.1 Å². The number of pyridine rings is 1. The van der Waals surface area contributed by atoms with E-state index in [2.05, 4.69) is 17.2 Å². The number of benzene rings is 2. The molecular weight excluding hydrogens is 652 g/mol. The number of likely N-dealkylation sites (tertiary alicyclic amines) is 1. The standard InChI is InChI=1S/C39H46N4O8/c1-6-23-20-39(23,37(48)49)42-35(46)30-17-25(21-43(30)36(47)27(38(2,3)4)18-32(45)34-31(44)14-15-40-34)51-33-19-28(22-10-8-7-9-11-22)41-29-16-24(50-5)12-13-26(29)33/h6-13,16,19,23,25,27,30,32,34,40,45H,1,14-15,17-18,20-21H2,2-5H3,(H,42,46)(H,48,49)/t23?,25-,27-,30+,32?,34?,39?/m1/s1. The van der Waals surface area contributed by atoms with E-state index in [-0.39, 0.29) is 37.5 Å². The Hall–Kier alpha value is -4.81. The molecule has 12 nitrogen and oxygen atoms in total. The van der Waals surface area contributed by atoms with Crippen LogP contribution in [0.4, 0.5) is 0 Å². The third-order valence-corrected chi connectivity index (χ3v) is 10.5. The minimum absolute atomic E-state index is 0.00301. The number of fused-ring (bicyclic) bond motifs is 1. The van der Waals surface area contributed by atoms with E-state index in [1.807, 2.05) is 69.3 Å². The number of nitrogens with one attached hydrogen (secondary N) is 2. The molecule has 0 radical (unpaired) electrons. The molecule has 3 fully saturated rings. The van der Waals surface area contributed by atoms with Crippen LogP contribution in [0.1, 0.15) is 46.5 Å². The first-order valence-electron chi connectivity index (χ1n) is 17.4. The fourth-order valence-electron chi connectivity index (χ4n) is 7.40. The molecule has 2 saturated heterocycles.